The lowest BCUT2D eigenvalue weighted by molar-refractivity contribution is -0.122. The summed E-state index contributed by atoms with van der Waals surface area (Å²) in [6.07, 6.45) is -0.659. The van der Waals surface area contributed by atoms with Crippen molar-refractivity contribution in [1.82, 2.24) is 10.2 Å². The average Bonchev–Trinajstić information content (AvgIpc) is 3.14. The Hall–Kier alpha value is -2.93. The Bertz CT molecular complexity index is 983. The molecule has 0 fully saturated rings. The van der Waals surface area contributed by atoms with E-state index in [1.165, 1.54) is 11.3 Å². The van der Waals surface area contributed by atoms with Gasteiger partial charge in [-0.3, -0.25) is 10.1 Å². The third-order valence-electron chi connectivity index (χ3n) is 4.43. The molecule has 1 unspecified atom stereocenters. The zero-order chi connectivity index (χ0) is 20.3. The molecule has 0 aliphatic rings. The maximum atomic E-state index is 12.5. The highest BCUT2D eigenvalue weighted by molar-refractivity contribution is 7.18. The predicted octanol–water partition coefficient (Wildman–Crippen LogP) is 4.54. The van der Waals surface area contributed by atoms with Gasteiger partial charge in [-0.25, -0.2) is 0 Å². The van der Waals surface area contributed by atoms with Crippen LogP contribution >= 0.6 is 11.3 Å². The highest BCUT2D eigenvalue weighted by Gasteiger charge is 2.18. The van der Waals surface area contributed by atoms with E-state index in [4.69, 9.17) is 9.47 Å². The van der Waals surface area contributed by atoms with E-state index in [-0.39, 0.29) is 5.91 Å². The number of carbonyl (C=O) groups excluding carboxylic acids is 1. The number of rotatable bonds is 6. The number of anilines is 1. The number of benzene rings is 2. The normalized spacial score (nSPS) is 11.8. The number of carbonyl (C=O) groups is 1. The molecule has 3 rings (SSSR count). The summed E-state index contributed by atoms with van der Waals surface area (Å²) in [4.78, 5) is 12.5. The molecular formula is C21H23N3O3S. The summed E-state index contributed by atoms with van der Waals surface area (Å²) >= 11 is 1.31. The van der Waals surface area contributed by atoms with Crippen LogP contribution in [0, 0.1) is 20.8 Å². The Morgan fingerprint density at radius 1 is 1.11 bits per heavy atom. The molecule has 6 nitrogen and oxygen atoms in total. The second-order valence-electron chi connectivity index (χ2n) is 6.60. The van der Waals surface area contributed by atoms with Gasteiger partial charge in [0.2, 0.25) is 5.13 Å². The third-order valence-corrected chi connectivity index (χ3v) is 5.32. The Morgan fingerprint density at radius 3 is 2.50 bits per heavy atom. The van der Waals surface area contributed by atoms with Gasteiger partial charge in [0.15, 0.2) is 6.10 Å². The second kappa shape index (κ2) is 8.39. The van der Waals surface area contributed by atoms with Crippen LogP contribution in [0.15, 0.2) is 36.4 Å². The molecule has 146 valence electrons. The Labute approximate surface area is 168 Å². The fourth-order valence-electron chi connectivity index (χ4n) is 2.70. The summed E-state index contributed by atoms with van der Waals surface area (Å²) in [6.45, 7) is 7.74. The van der Waals surface area contributed by atoms with Gasteiger partial charge in [-0.2, -0.15) is 0 Å². The van der Waals surface area contributed by atoms with Crippen LogP contribution in [0.2, 0.25) is 0 Å². The molecule has 0 saturated heterocycles. The van der Waals surface area contributed by atoms with Crippen molar-refractivity contribution in [3.8, 4) is 22.1 Å². The molecule has 2 aromatic carbocycles. The van der Waals surface area contributed by atoms with Crippen molar-refractivity contribution in [3.05, 3.63) is 53.1 Å². The zero-order valence-corrected chi connectivity index (χ0v) is 17.4. The number of nitrogens with one attached hydrogen (secondary N) is 1. The first-order valence-electron chi connectivity index (χ1n) is 8.90. The maximum absolute atomic E-state index is 12.5. The van der Waals surface area contributed by atoms with Gasteiger partial charge in [0.05, 0.1) is 7.11 Å². The standard InChI is InChI=1S/C21H23N3O3S/c1-12-10-13(2)14(3)18(11-12)27-15(4)19(25)22-21-24-23-20(28-21)16-6-8-17(26-5)9-7-16/h6-11,15H,1-5H3,(H,22,24,25). The van der Waals surface area contributed by atoms with E-state index in [0.29, 0.717) is 5.13 Å². The summed E-state index contributed by atoms with van der Waals surface area (Å²) in [7, 11) is 1.62. The van der Waals surface area contributed by atoms with E-state index in [0.717, 1.165) is 38.8 Å². The van der Waals surface area contributed by atoms with Gasteiger partial charge in [-0.15, -0.1) is 10.2 Å². The molecule has 7 heteroatoms. The number of hydrogen-bond acceptors (Lipinski definition) is 6. The molecule has 0 spiro atoms. The van der Waals surface area contributed by atoms with Crippen molar-refractivity contribution in [2.45, 2.75) is 33.8 Å². The Morgan fingerprint density at radius 2 is 1.82 bits per heavy atom. The lowest BCUT2D eigenvalue weighted by Crippen LogP contribution is -2.30. The predicted molar refractivity (Wildman–Crippen MR) is 111 cm³/mol. The zero-order valence-electron chi connectivity index (χ0n) is 16.6. The Balaban J connectivity index is 1.67. The largest absolute Gasteiger partial charge is 0.497 e. The van der Waals surface area contributed by atoms with Crippen LogP contribution in [0.4, 0.5) is 5.13 Å². The van der Waals surface area contributed by atoms with Crippen molar-refractivity contribution in [3.63, 3.8) is 0 Å². The number of ether oxygens (including phenoxy) is 2. The van der Waals surface area contributed by atoms with Crippen LogP contribution in [0.3, 0.4) is 0 Å². The molecule has 0 aliphatic heterocycles. The molecule has 1 amide bonds. The SMILES string of the molecule is COc1ccc(-c2nnc(NC(=O)C(C)Oc3cc(C)cc(C)c3C)s2)cc1. The van der Waals surface area contributed by atoms with Gasteiger partial charge < -0.3 is 9.47 Å². The number of methoxy groups -OCH3 is 1. The van der Waals surface area contributed by atoms with Gasteiger partial charge in [0.1, 0.15) is 16.5 Å². The summed E-state index contributed by atoms with van der Waals surface area (Å²) in [5.74, 6) is 1.22. The van der Waals surface area contributed by atoms with Crippen LogP contribution in [0.5, 0.6) is 11.5 Å². The summed E-state index contributed by atoms with van der Waals surface area (Å²) in [5, 5.41) is 12.1. The molecule has 1 heterocycles. The fraction of sp³-hybridized carbons (Fsp3) is 0.286. The number of nitrogens with zero attached hydrogens (tertiary/aromatic N) is 2. The van der Waals surface area contributed by atoms with Gasteiger partial charge >= 0.3 is 0 Å². The third kappa shape index (κ3) is 4.48. The van der Waals surface area contributed by atoms with Crippen LogP contribution in [0.1, 0.15) is 23.6 Å². The van der Waals surface area contributed by atoms with Gasteiger partial charge in [0, 0.05) is 5.56 Å². The van der Waals surface area contributed by atoms with Gasteiger partial charge in [-0.05, 0) is 74.7 Å². The lowest BCUT2D eigenvalue weighted by atomic mass is 10.1. The maximum Gasteiger partial charge on any atom is 0.266 e. The number of amides is 1. The molecule has 28 heavy (non-hydrogen) atoms. The molecule has 1 aromatic heterocycles. The van der Waals surface area contributed by atoms with Crippen LogP contribution in [-0.4, -0.2) is 29.3 Å². The monoisotopic (exact) mass is 397 g/mol. The van der Waals surface area contributed by atoms with Crippen molar-refractivity contribution in [2.24, 2.45) is 0 Å². The molecule has 1 atom stereocenters. The van der Waals surface area contributed by atoms with Crippen LogP contribution < -0.4 is 14.8 Å². The highest BCUT2D eigenvalue weighted by Crippen LogP contribution is 2.28. The quantitative estimate of drug-likeness (QED) is 0.661. The molecule has 0 radical (unpaired) electrons. The van der Waals surface area contributed by atoms with E-state index in [1.54, 1.807) is 14.0 Å². The molecule has 1 N–H and O–H groups in total. The minimum absolute atomic E-state index is 0.268. The van der Waals surface area contributed by atoms with E-state index in [2.05, 4.69) is 21.6 Å². The molecule has 3 aromatic rings. The van der Waals surface area contributed by atoms with Crippen molar-refractivity contribution >= 4 is 22.4 Å². The van der Waals surface area contributed by atoms with E-state index >= 15 is 0 Å². The first-order valence-corrected chi connectivity index (χ1v) is 9.72. The first-order chi connectivity index (χ1) is 13.4. The summed E-state index contributed by atoms with van der Waals surface area (Å²) < 4.78 is 11.0. The smallest absolute Gasteiger partial charge is 0.266 e. The number of aromatic nitrogens is 2. The topological polar surface area (TPSA) is 73.3 Å². The molecule has 0 saturated carbocycles. The minimum atomic E-state index is -0.659. The molecule has 0 bridgehead atoms. The van der Waals surface area contributed by atoms with E-state index < -0.39 is 6.10 Å². The fourth-order valence-corrected chi connectivity index (χ4v) is 3.45. The Kier molecular flexibility index (Phi) is 5.94. The lowest BCUT2D eigenvalue weighted by Gasteiger charge is -2.17. The average molecular weight is 398 g/mol. The van der Waals surface area contributed by atoms with E-state index in [1.807, 2.05) is 51.1 Å². The van der Waals surface area contributed by atoms with E-state index in [9.17, 15) is 4.79 Å². The van der Waals surface area contributed by atoms with Crippen molar-refractivity contribution in [1.29, 1.82) is 0 Å². The highest BCUT2D eigenvalue weighted by atomic mass is 32.1. The molecule has 0 aliphatic carbocycles. The summed E-state index contributed by atoms with van der Waals surface area (Å²) in [6, 6.07) is 11.6. The van der Waals surface area contributed by atoms with Gasteiger partial charge in [-0.1, -0.05) is 17.4 Å². The second-order valence-corrected chi connectivity index (χ2v) is 7.57. The summed E-state index contributed by atoms with van der Waals surface area (Å²) in [5.41, 5.74) is 4.17. The number of hydrogen-bond donors (Lipinski definition) is 1. The first kappa shape index (κ1) is 19.8. The minimum Gasteiger partial charge on any atom is -0.497 e. The van der Waals surface area contributed by atoms with Crippen LogP contribution in [0.25, 0.3) is 10.6 Å². The van der Waals surface area contributed by atoms with Crippen LogP contribution in [-0.2, 0) is 4.79 Å². The number of aryl methyl sites for hydroxylation is 2. The molecular weight excluding hydrogens is 374 g/mol. The van der Waals surface area contributed by atoms with Crippen molar-refractivity contribution in [2.75, 3.05) is 12.4 Å². The van der Waals surface area contributed by atoms with Gasteiger partial charge in [0.25, 0.3) is 5.91 Å². The van der Waals surface area contributed by atoms with Crippen molar-refractivity contribution < 1.29 is 14.3 Å².